The quantitative estimate of drug-likeness (QED) is 0.0530. The second-order valence-corrected chi connectivity index (χ2v) is 49.9. The van der Waals surface area contributed by atoms with E-state index in [4.69, 9.17) is 49.4 Å². The van der Waals surface area contributed by atoms with Gasteiger partial charge in [-0.15, -0.1) is 0 Å². The van der Waals surface area contributed by atoms with Crippen LogP contribution in [0.25, 0.3) is 24.2 Å². The molecule has 0 fully saturated rings. The Morgan fingerprint density at radius 3 is 1.18 bits per heavy atom. The van der Waals surface area contributed by atoms with Crippen LogP contribution in [0.2, 0.25) is 0 Å². The number of carbonyl (C=O) groups is 1. The fraction of sp³-hybridized carbons (Fsp3) is 0.800. The van der Waals surface area contributed by atoms with Crippen molar-refractivity contribution in [3.05, 3.63) is 57.1 Å². The molecule has 0 heterocycles. The summed E-state index contributed by atoms with van der Waals surface area (Å²) in [6.45, 7) is 36.3. The van der Waals surface area contributed by atoms with Crippen molar-refractivity contribution in [1.29, 1.82) is 0 Å². The van der Waals surface area contributed by atoms with Crippen LogP contribution in [0.4, 0.5) is 17.6 Å². The van der Waals surface area contributed by atoms with Gasteiger partial charge in [-0.3, -0.25) is 4.79 Å². The van der Waals surface area contributed by atoms with Crippen LogP contribution in [0.1, 0.15) is 56.4 Å². The Kier molecular flexibility index (Phi) is 243. The Bertz CT molecular complexity index is 768. The number of hydrogen-bond donors (Lipinski definition) is 3. The zero-order valence-electron chi connectivity index (χ0n) is 28.3. The second kappa shape index (κ2) is 131. The molecule has 0 atom stereocenters. The van der Waals surface area contributed by atoms with E-state index in [9.17, 15) is 22.4 Å². The van der Waals surface area contributed by atoms with Gasteiger partial charge in [-0.1, -0.05) is 168 Å². The summed E-state index contributed by atoms with van der Waals surface area (Å²) in [5.74, 6) is -0.325. The topological polar surface area (TPSA) is 120 Å². The number of aliphatic hydroxyl groups excluding tert-OH is 1. The molecule has 0 aromatic rings. The van der Waals surface area contributed by atoms with Crippen molar-refractivity contribution < 1.29 is 37.1 Å². The van der Waals surface area contributed by atoms with Crippen LogP contribution in [-0.2, 0) is 14.5 Å². The van der Waals surface area contributed by atoms with Gasteiger partial charge in [0, 0.05) is 26.9 Å². The molecule has 0 saturated carbocycles. The maximum absolute atomic E-state index is 11.0. The van der Waals surface area contributed by atoms with Gasteiger partial charge in [0.05, 0.1) is 7.76 Å². The van der Waals surface area contributed by atoms with E-state index >= 15 is 0 Å². The van der Waals surface area contributed by atoms with Gasteiger partial charge in [0.25, 0.3) is 6.54 Å². The molecule has 0 saturated heterocycles. The zero-order valence-corrected chi connectivity index (χ0v) is 49.6. The van der Waals surface area contributed by atoms with Crippen molar-refractivity contribution in [2.75, 3.05) is 76.7 Å². The summed E-state index contributed by atoms with van der Waals surface area (Å²) in [6, 6.07) is 0. The molecule has 0 aromatic carbocycles. The van der Waals surface area contributed by atoms with Crippen LogP contribution >= 0.6 is 198 Å². The summed E-state index contributed by atoms with van der Waals surface area (Å²) in [5, 5.41) is 8.79. The van der Waals surface area contributed by atoms with Crippen LogP contribution in [0.15, 0.2) is 0 Å². The van der Waals surface area contributed by atoms with E-state index in [1.165, 1.54) is 9.36 Å². The number of nitrogens with two attached hydrogens (primary N) is 2. The fourth-order valence-electron chi connectivity index (χ4n) is 0.633. The molecular formula is C30H62Br3F4I7N7O3V. The van der Waals surface area contributed by atoms with Gasteiger partial charge in [-0.05, 0) is 29.4 Å². The van der Waals surface area contributed by atoms with Crippen molar-refractivity contribution in [2.45, 2.75) is 73.0 Å². The summed E-state index contributed by atoms with van der Waals surface area (Å²) in [7, 11) is 0. The van der Waals surface area contributed by atoms with Crippen LogP contribution in [0.5, 0.6) is 0 Å². The first-order chi connectivity index (χ1) is 24.0. The molecule has 0 spiro atoms. The molecule has 0 aliphatic carbocycles. The molecule has 0 bridgehead atoms. The number of carbonyl (C=O) groups excluding carboxylic acids is 1. The number of esters is 1. The van der Waals surface area contributed by atoms with Crippen LogP contribution < -0.4 is 11.5 Å². The minimum absolute atomic E-state index is 0. The van der Waals surface area contributed by atoms with Crippen LogP contribution in [0, 0.1) is 32.9 Å². The van der Waals surface area contributed by atoms with Gasteiger partial charge < -0.3 is 45.5 Å². The van der Waals surface area contributed by atoms with E-state index in [1.54, 1.807) is 0 Å². The predicted octanol–water partition coefficient (Wildman–Crippen LogP) is 14.9. The molecule has 0 amide bonds. The van der Waals surface area contributed by atoms with Gasteiger partial charge in [0.15, 0.2) is 6.61 Å². The Morgan fingerprint density at radius 2 is 1.13 bits per heavy atom. The maximum atomic E-state index is 11.0. The fourth-order valence-corrected chi connectivity index (χ4v) is 1.10. The summed E-state index contributed by atoms with van der Waals surface area (Å²) in [5.41, 5.74) is 9.73. The van der Waals surface area contributed by atoms with E-state index in [1.807, 2.05) is 16.8 Å². The number of alkyl halides is 11. The first kappa shape index (κ1) is 102. The zero-order chi connectivity index (χ0) is 43.3. The summed E-state index contributed by atoms with van der Waals surface area (Å²) < 4.78 is 49.3. The molecule has 0 aliphatic heterocycles. The third-order valence-electron chi connectivity index (χ3n) is 2.07. The number of ether oxygens (including phenoxy) is 1. The summed E-state index contributed by atoms with van der Waals surface area (Å²) >= 11 is 25.6. The predicted molar refractivity (Wildman–Crippen MR) is 303 cm³/mol. The molecule has 0 aliphatic rings. The molecular weight excluding hydrogens is 1760 g/mol. The van der Waals surface area contributed by atoms with Gasteiger partial charge in [-0.25, -0.2) is 50.4 Å². The average molecular weight is 1820 g/mol. The van der Waals surface area contributed by atoms with Crippen molar-refractivity contribution in [2.24, 2.45) is 11.5 Å². The Morgan fingerprint density at radius 1 is 0.782 bits per heavy atom. The first-order valence-corrected chi connectivity index (χ1v) is 36.7. The van der Waals surface area contributed by atoms with Crippen molar-refractivity contribution in [1.82, 2.24) is 0 Å². The molecule has 338 valence electrons. The Hall–Kier alpha value is 3.65. The molecule has 5 N–H and O–H groups in total. The molecule has 0 unspecified atom stereocenters. The van der Waals surface area contributed by atoms with Crippen molar-refractivity contribution in [3.8, 4) is 0 Å². The second-order valence-electron chi connectivity index (χ2n) is 5.86. The van der Waals surface area contributed by atoms with E-state index in [0.29, 0.717) is 26.2 Å². The molecule has 0 radical (unpaired) electrons. The van der Waals surface area contributed by atoms with Crippen molar-refractivity contribution >= 4 is 204 Å². The third-order valence-corrected chi connectivity index (χ3v) is 3.00. The van der Waals surface area contributed by atoms with E-state index in [2.05, 4.69) is 227 Å². The van der Waals surface area contributed by atoms with Crippen LogP contribution in [-0.4, -0.2) is 104 Å². The van der Waals surface area contributed by atoms with Crippen LogP contribution in [0.3, 0.4) is 0 Å². The summed E-state index contributed by atoms with van der Waals surface area (Å²) in [6.07, 6.45) is -4.14. The van der Waals surface area contributed by atoms with E-state index in [0.717, 1.165) is 11.8 Å². The Labute approximate surface area is 451 Å². The molecule has 10 nitrogen and oxygen atoms in total. The van der Waals surface area contributed by atoms with Crippen molar-refractivity contribution in [3.63, 3.8) is 0 Å². The summed E-state index contributed by atoms with van der Waals surface area (Å²) in [4.78, 5) is 28.2. The third kappa shape index (κ3) is 348. The average Bonchev–Trinajstić information content (AvgIpc) is 3.05. The number of hydrogen-bond acceptors (Lipinski definition) is 5. The van der Waals surface area contributed by atoms with E-state index in [-0.39, 0.29) is 77.1 Å². The number of rotatable bonds is 9. The van der Waals surface area contributed by atoms with Gasteiger partial charge >= 0.3 is 77.3 Å². The molecule has 0 rings (SSSR count). The molecule has 25 heteroatoms. The normalized spacial score (nSPS) is 6.91. The SMILES string of the molecule is C.C.C.C.CI.CI.ICI.NCCC(F)F.NCCCO.[C-]#[N+]CC.[C-]#[N+]CC(Br)Br.[C-]#[N+]CC(F)F.[C-]#[N+]CCBr.[C-]#[N+]CCOC(C)=O.[I][V]([I])[I]. The van der Waals surface area contributed by atoms with Gasteiger partial charge in [0.1, 0.15) is 3.74 Å². The van der Waals surface area contributed by atoms with E-state index < -0.39 is 19.4 Å². The Balaban J connectivity index is -0.0000000249. The monoisotopic (exact) mass is 1820 g/mol. The minimum atomic E-state index is -2.46. The standard InChI is InChI=1S/C5H7NO2.C3H3Br2N.C3H4BrN.C3H3F2N.C3H7F2N.C3H9NO.C3H5N.CH2I2.2CH3I.4CH4.3HI.V/c1-5(7)8-4-3-6-2;1-6-2-3(4)5;1-5-3-2-4;1-6-2-3(4)5;4-3(5)1-2-6;4-2-1-3-5;1-3-4-2;2-1-3;2*1-2;;;;;;;;/h3-4H2,1H3;3H,2H2;2-3H2;3H,2H2;3H,1-2,6H2;5H,1-4H2;3H2,1H3;1H2;2*1H3;4*1H4;3*1H;/q;;;;;;;;;;;;;;;;;+3/p-3. The van der Waals surface area contributed by atoms with Gasteiger partial charge in [-0.2, -0.15) is 0 Å². The molecule has 0 aromatic heterocycles. The van der Waals surface area contributed by atoms with Gasteiger partial charge in [0.2, 0.25) is 32.6 Å². The number of halogens is 14. The first-order valence-electron chi connectivity index (χ1n) is 12.8. The number of nitrogens with zero attached hydrogens (tertiary/aromatic N) is 5. The number of aliphatic hydroxyl groups is 1. The molecule has 55 heavy (non-hydrogen) atoms.